The predicted octanol–water partition coefficient (Wildman–Crippen LogP) is 6.52. The minimum atomic E-state index is -4.66. The van der Waals surface area contributed by atoms with E-state index in [9.17, 15) is 22.8 Å². The van der Waals surface area contributed by atoms with Gasteiger partial charge in [-0.2, -0.15) is 13.2 Å². The highest BCUT2D eigenvalue weighted by atomic mass is 35.5. The van der Waals surface area contributed by atoms with Gasteiger partial charge in [-0.05, 0) is 77.1 Å². The SMILES string of the molecule is COCCOc1cc(Cl)cc(-c2ncn(C(=CC(=O)OC(C)C)C3CCN(CCOc4cc(-c5ncn(C=CC(=O)OC(C)C)n5)cc(C(F)(F)F)c4)C3)n2)c1. The summed E-state index contributed by atoms with van der Waals surface area (Å²) in [6.45, 7) is 9.22. The van der Waals surface area contributed by atoms with E-state index in [-0.39, 0.29) is 41.9 Å². The molecule has 1 fully saturated rings. The van der Waals surface area contributed by atoms with Gasteiger partial charge in [0, 0.05) is 60.6 Å². The molecule has 56 heavy (non-hydrogen) atoms. The molecule has 0 radical (unpaired) electrons. The van der Waals surface area contributed by atoms with Crippen LogP contribution in [0.5, 0.6) is 11.5 Å². The lowest BCUT2D eigenvalue weighted by Gasteiger charge is -2.19. The zero-order valence-corrected chi connectivity index (χ0v) is 32.3. The molecule has 0 saturated carbocycles. The Bertz CT molecular complexity index is 2030. The smallest absolute Gasteiger partial charge is 0.416 e. The molecule has 1 atom stereocenters. The monoisotopic (exact) mass is 801 g/mol. The van der Waals surface area contributed by atoms with Crippen molar-refractivity contribution in [3.8, 4) is 34.3 Å². The molecule has 1 unspecified atom stereocenters. The number of hydrogen-bond acceptors (Lipinski definition) is 12. The Morgan fingerprint density at radius 1 is 0.875 bits per heavy atom. The first-order chi connectivity index (χ1) is 26.7. The number of carbonyl (C=O) groups is 2. The summed E-state index contributed by atoms with van der Waals surface area (Å²) in [5.41, 5.74) is 0.329. The van der Waals surface area contributed by atoms with Crippen molar-refractivity contribution in [1.82, 2.24) is 34.4 Å². The van der Waals surface area contributed by atoms with Gasteiger partial charge in [-0.3, -0.25) is 4.90 Å². The van der Waals surface area contributed by atoms with Gasteiger partial charge in [0.15, 0.2) is 11.6 Å². The van der Waals surface area contributed by atoms with E-state index in [0.29, 0.717) is 67.1 Å². The fraction of sp³-hybridized carbons (Fsp3) is 0.421. The lowest BCUT2D eigenvalue weighted by Crippen LogP contribution is -2.27. The number of benzene rings is 2. The molecule has 2 aromatic carbocycles. The van der Waals surface area contributed by atoms with Crippen molar-refractivity contribution in [2.24, 2.45) is 5.92 Å². The van der Waals surface area contributed by atoms with E-state index in [1.54, 1.807) is 57.7 Å². The number of halogens is 4. The van der Waals surface area contributed by atoms with E-state index in [1.165, 1.54) is 35.7 Å². The Balaban J connectivity index is 1.27. The zero-order valence-electron chi connectivity index (χ0n) is 31.5. The van der Waals surface area contributed by atoms with Crippen molar-refractivity contribution in [2.45, 2.75) is 52.5 Å². The molecule has 3 heterocycles. The van der Waals surface area contributed by atoms with E-state index in [2.05, 4.69) is 25.1 Å². The summed E-state index contributed by atoms with van der Waals surface area (Å²) in [7, 11) is 1.58. The summed E-state index contributed by atoms with van der Waals surface area (Å²) in [5, 5.41) is 9.28. The Morgan fingerprint density at radius 3 is 2.25 bits per heavy atom. The van der Waals surface area contributed by atoms with Gasteiger partial charge in [0.2, 0.25) is 0 Å². The van der Waals surface area contributed by atoms with Crippen molar-refractivity contribution >= 4 is 35.4 Å². The first kappa shape index (κ1) is 41.9. The second-order valence-corrected chi connectivity index (χ2v) is 13.7. The molecule has 0 amide bonds. The largest absolute Gasteiger partial charge is 0.492 e. The molecule has 4 aromatic rings. The van der Waals surface area contributed by atoms with Gasteiger partial charge in [0.1, 0.15) is 37.4 Å². The van der Waals surface area contributed by atoms with Crippen LogP contribution in [0.4, 0.5) is 13.2 Å². The standard InChI is InChI=1S/C38H43ClF3N7O7/c1-24(2)55-34(50)7-9-48-22-43-36(45-48)27-14-29(38(40,41)42)18-31(16-27)53-11-10-47-8-6-26(21-47)33(20-35(51)56-25(3)4)49-23-44-37(46-49)28-15-30(39)19-32(17-28)54-13-12-52-5/h7,9,14-20,22-26H,6,8,10-13,21H2,1-5H3. The number of aromatic nitrogens is 6. The highest BCUT2D eigenvalue weighted by molar-refractivity contribution is 6.31. The molecule has 0 N–H and O–H groups in total. The summed E-state index contributed by atoms with van der Waals surface area (Å²) in [6, 6.07) is 8.43. The van der Waals surface area contributed by atoms with E-state index in [0.717, 1.165) is 18.2 Å². The topological polar surface area (TPSA) is 145 Å². The van der Waals surface area contributed by atoms with Crippen LogP contribution < -0.4 is 9.47 Å². The van der Waals surface area contributed by atoms with Crippen LogP contribution in [0.15, 0.2) is 61.2 Å². The Kier molecular flexibility index (Phi) is 14.3. The van der Waals surface area contributed by atoms with Crippen molar-refractivity contribution in [2.75, 3.05) is 46.6 Å². The Labute approximate surface area is 326 Å². The highest BCUT2D eigenvalue weighted by Gasteiger charge is 2.32. The van der Waals surface area contributed by atoms with Crippen molar-refractivity contribution in [3.05, 3.63) is 71.8 Å². The molecule has 1 saturated heterocycles. The number of rotatable bonds is 17. The molecular formula is C38H43ClF3N7O7. The van der Waals surface area contributed by atoms with E-state index >= 15 is 0 Å². The maximum absolute atomic E-state index is 13.9. The molecular weight excluding hydrogens is 759 g/mol. The molecule has 14 nitrogen and oxygen atoms in total. The number of carbonyl (C=O) groups excluding carboxylic acids is 2. The number of likely N-dealkylation sites (tertiary alicyclic amines) is 1. The molecule has 1 aliphatic rings. The molecule has 18 heteroatoms. The van der Waals surface area contributed by atoms with Gasteiger partial charge in [-0.25, -0.2) is 28.9 Å². The summed E-state index contributed by atoms with van der Waals surface area (Å²) < 4.78 is 71.6. The first-order valence-corrected chi connectivity index (χ1v) is 18.2. The average molecular weight is 802 g/mol. The second-order valence-electron chi connectivity index (χ2n) is 13.3. The van der Waals surface area contributed by atoms with Crippen LogP contribution in [0.3, 0.4) is 0 Å². The third-order valence-electron chi connectivity index (χ3n) is 8.14. The predicted molar refractivity (Wildman–Crippen MR) is 200 cm³/mol. The Hall–Kier alpha value is -5.26. The maximum Gasteiger partial charge on any atom is 0.416 e. The molecule has 1 aliphatic heterocycles. The number of esters is 2. The Morgan fingerprint density at radius 2 is 1.54 bits per heavy atom. The lowest BCUT2D eigenvalue weighted by atomic mass is 10.0. The van der Waals surface area contributed by atoms with Gasteiger partial charge in [-0.1, -0.05) is 11.6 Å². The normalized spacial score (nSPS) is 15.3. The van der Waals surface area contributed by atoms with Crippen LogP contribution in [0, 0.1) is 5.92 Å². The molecule has 0 bridgehead atoms. The summed E-state index contributed by atoms with van der Waals surface area (Å²) >= 11 is 6.36. The van der Waals surface area contributed by atoms with E-state index in [1.807, 2.05) is 0 Å². The van der Waals surface area contributed by atoms with Crippen LogP contribution in [0.25, 0.3) is 34.7 Å². The molecule has 2 aromatic heterocycles. The number of methoxy groups -OCH3 is 1. The van der Waals surface area contributed by atoms with Crippen LogP contribution in [0.2, 0.25) is 5.02 Å². The summed E-state index contributed by atoms with van der Waals surface area (Å²) in [4.78, 5) is 35.4. The third-order valence-corrected chi connectivity index (χ3v) is 8.36. The van der Waals surface area contributed by atoms with Gasteiger partial charge in [0.05, 0.1) is 30.1 Å². The van der Waals surface area contributed by atoms with Gasteiger partial charge < -0.3 is 23.7 Å². The second kappa shape index (κ2) is 19.1. The fourth-order valence-electron chi connectivity index (χ4n) is 5.73. The third kappa shape index (κ3) is 12.1. The van der Waals surface area contributed by atoms with Crippen LogP contribution in [-0.4, -0.2) is 105 Å². The van der Waals surface area contributed by atoms with Crippen LogP contribution in [-0.2, 0) is 30.0 Å². The van der Waals surface area contributed by atoms with E-state index in [4.69, 9.17) is 35.3 Å². The number of nitrogens with zero attached hydrogens (tertiary/aromatic N) is 7. The van der Waals surface area contributed by atoms with Crippen molar-refractivity contribution in [3.63, 3.8) is 0 Å². The molecule has 0 aliphatic carbocycles. The lowest BCUT2D eigenvalue weighted by molar-refractivity contribution is -0.142. The van der Waals surface area contributed by atoms with Gasteiger partial charge in [0.25, 0.3) is 0 Å². The minimum Gasteiger partial charge on any atom is -0.492 e. The van der Waals surface area contributed by atoms with Gasteiger partial charge in [-0.15, -0.1) is 10.2 Å². The molecule has 0 spiro atoms. The first-order valence-electron chi connectivity index (χ1n) is 17.8. The van der Waals surface area contributed by atoms with Crippen LogP contribution >= 0.6 is 11.6 Å². The zero-order chi connectivity index (χ0) is 40.4. The van der Waals surface area contributed by atoms with Crippen LogP contribution in [0.1, 0.15) is 39.7 Å². The summed E-state index contributed by atoms with van der Waals surface area (Å²) in [6.07, 6.45) is 1.95. The average Bonchev–Trinajstić information content (AvgIpc) is 3.91. The van der Waals surface area contributed by atoms with Crippen molar-refractivity contribution < 1.29 is 46.4 Å². The summed E-state index contributed by atoms with van der Waals surface area (Å²) in [5.74, 6) is -0.428. The number of alkyl halides is 3. The number of hydrogen-bond donors (Lipinski definition) is 0. The fourth-order valence-corrected chi connectivity index (χ4v) is 5.95. The quantitative estimate of drug-likeness (QED) is 0.0652. The molecule has 300 valence electrons. The van der Waals surface area contributed by atoms with Gasteiger partial charge >= 0.3 is 18.1 Å². The van der Waals surface area contributed by atoms with Crippen molar-refractivity contribution in [1.29, 1.82) is 0 Å². The minimum absolute atomic E-state index is 0.00278. The molecule has 5 rings (SSSR count). The maximum atomic E-state index is 13.9. The highest BCUT2D eigenvalue weighted by Crippen LogP contribution is 2.35. The van der Waals surface area contributed by atoms with E-state index < -0.39 is 23.7 Å². The number of ether oxygens (including phenoxy) is 5.